The summed E-state index contributed by atoms with van der Waals surface area (Å²) in [5.74, 6) is 0.673. The van der Waals surface area contributed by atoms with E-state index in [9.17, 15) is 10.2 Å². The second-order valence-corrected chi connectivity index (χ2v) is 4.88. The summed E-state index contributed by atoms with van der Waals surface area (Å²) in [6, 6.07) is 11.6. The fourth-order valence-corrected chi connectivity index (χ4v) is 2.11. The smallest absolute Gasteiger partial charge is 0.137 e. The molecule has 0 saturated heterocycles. The number of aromatic hydroxyl groups is 1. The van der Waals surface area contributed by atoms with Crippen molar-refractivity contribution in [3.63, 3.8) is 0 Å². The highest BCUT2D eigenvalue weighted by Crippen LogP contribution is 2.34. The van der Waals surface area contributed by atoms with E-state index in [2.05, 4.69) is 0 Å². The number of rotatable bonds is 3. The number of phenolic OH excluding ortho intramolecular Hbond substituents is 1. The molecule has 1 atom stereocenters. The number of halogens is 1. The summed E-state index contributed by atoms with van der Waals surface area (Å²) in [6.45, 7) is 1.68. The van der Waals surface area contributed by atoms with Gasteiger partial charge in [0.1, 0.15) is 17.1 Å². The van der Waals surface area contributed by atoms with Crippen LogP contribution in [-0.2, 0) is 5.60 Å². The third-order valence-electron chi connectivity index (χ3n) is 3.14. The van der Waals surface area contributed by atoms with Gasteiger partial charge >= 0.3 is 0 Å². The Morgan fingerprint density at radius 1 is 1.05 bits per heavy atom. The molecule has 2 N–H and O–H groups in total. The van der Waals surface area contributed by atoms with Crippen molar-refractivity contribution >= 4 is 11.6 Å². The number of methoxy groups -OCH3 is 1. The topological polar surface area (TPSA) is 49.7 Å². The summed E-state index contributed by atoms with van der Waals surface area (Å²) < 4.78 is 5.15. The van der Waals surface area contributed by atoms with Crippen LogP contribution in [0.5, 0.6) is 11.5 Å². The van der Waals surface area contributed by atoms with Gasteiger partial charge in [0.05, 0.1) is 12.1 Å². The quantitative estimate of drug-likeness (QED) is 0.906. The minimum absolute atomic E-state index is 0.160. The molecule has 0 amide bonds. The average molecular weight is 279 g/mol. The van der Waals surface area contributed by atoms with Crippen LogP contribution in [0.4, 0.5) is 0 Å². The molecule has 4 heteroatoms. The van der Waals surface area contributed by atoms with Crippen LogP contribution < -0.4 is 4.74 Å². The molecule has 3 nitrogen and oxygen atoms in total. The summed E-state index contributed by atoms with van der Waals surface area (Å²) in [6.07, 6.45) is 0. The second-order valence-electron chi connectivity index (χ2n) is 4.47. The minimum Gasteiger partial charge on any atom is -0.508 e. The molecule has 0 aromatic heterocycles. The molecule has 0 fully saturated rings. The summed E-state index contributed by atoms with van der Waals surface area (Å²) >= 11 is 5.97. The molecule has 100 valence electrons. The molecule has 2 rings (SSSR count). The molecule has 0 spiro atoms. The molecular weight excluding hydrogens is 264 g/mol. The highest BCUT2D eigenvalue weighted by Gasteiger charge is 2.26. The van der Waals surface area contributed by atoms with Gasteiger partial charge in [-0.3, -0.25) is 0 Å². The maximum atomic E-state index is 10.7. The van der Waals surface area contributed by atoms with Crippen molar-refractivity contribution < 1.29 is 14.9 Å². The van der Waals surface area contributed by atoms with Crippen LogP contribution in [0.1, 0.15) is 18.1 Å². The van der Waals surface area contributed by atoms with Crippen molar-refractivity contribution in [2.24, 2.45) is 0 Å². The molecule has 0 radical (unpaired) electrons. The SMILES string of the molecule is COc1cc(C(C)(O)c2ccc(O)cc2)ccc1Cl. The molecule has 1 unspecified atom stereocenters. The lowest BCUT2D eigenvalue weighted by molar-refractivity contribution is 0.102. The zero-order valence-electron chi connectivity index (χ0n) is 10.7. The zero-order chi connectivity index (χ0) is 14.0. The van der Waals surface area contributed by atoms with Crippen LogP contribution in [0.15, 0.2) is 42.5 Å². The number of aliphatic hydroxyl groups is 1. The van der Waals surface area contributed by atoms with Gasteiger partial charge in [-0.25, -0.2) is 0 Å². The highest BCUT2D eigenvalue weighted by atomic mass is 35.5. The number of benzene rings is 2. The first-order valence-corrected chi connectivity index (χ1v) is 6.19. The summed E-state index contributed by atoms with van der Waals surface area (Å²) in [4.78, 5) is 0. The van der Waals surface area contributed by atoms with E-state index in [1.807, 2.05) is 0 Å². The van der Waals surface area contributed by atoms with Gasteiger partial charge in [-0.05, 0) is 42.3 Å². The molecule has 2 aromatic rings. The first-order valence-electron chi connectivity index (χ1n) is 5.81. The van der Waals surface area contributed by atoms with E-state index in [4.69, 9.17) is 16.3 Å². The molecule has 2 aromatic carbocycles. The minimum atomic E-state index is -1.19. The number of hydrogen-bond donors (Lipinski definition) is 2. The Hall–Kier alpha value is -1.71. The monoisotopic (exact) mass is 278 g/mol. The molecule has 0 bridgehead atoms. The summed E-state index contributed by atoms with van der Waals surface area (Å²) in [5.41, 5.74) is 0.153. The Morgan fingerprint density at radius 3 is 2.21 bits per heavy atom. The maximum absolute atomic E-state index is 10.7. The van der Waals surface area contributed by atoms with Crippen LogP contribution in [0.3, 0.4) is 0 Å². The van der Waals surface area contributed by atoms with Crippen molar-refractivity contribution in [2.45, 2.75) is 12.5 Å². The van der Waals surface area contributed by atoms with Crippen molar-refractivity contribution in [3.8, 4) is 11.5 Å². The lowest BCUT2D eigenvalue weighted by Crippen LogP contribution is -2.22. The van der Waals surface area contributed by atoms with Gasteiger partial charge in [-0.2, -0.15) is 0 Å². The standard InChI is InChI=1S/C15H15ClO3/c1-15(18,10-3-6-12(17)7-4-10)11-5-8-13(16)14(9-11)19-2/h3-9,17-18H,1-2H3. The molecule has 19 heavy (non-hydrogen) atoms. The fraction of sp³-hybridized carbons (Fsp3) is 0.200. The summed E-state index contributed by atoms with van der Waals surface area (Å²) in [7, 11) is 1.53. The molecular formula is C15H15ClO3. The summed E-state index contributed by atoms with van der Waals surface area (Å²) in [5, 5.41) is 20.5. The molecule has 0 saturated carbocycles. The van der Waals surface area contributed by atoms with E-state index in [0.29, 0.717) is 21.9 Å². The van der Waals surface area contributed by atoms with E-state index in [-0.39, 0.29) is 5.75 Å². The third-order valence-corrected chi connectivity index (χ3v) is 3.45. The normalized spacial score (nSPS) is 13.9. The van der Waals surface area contributed by atoms with Crippen molar-refractivity contribution in [2.75, 3.05) is 7.11 Å². The van der Waals surface area contributed by atoms with Crippen LogP contribution in [-0.4, -0.2) is 17.3 Å². The second kappa shape index (κ2) is 5.11. The lowest BCUT2D eigenvalue weighted by atomic mass is 9.88. The third kappa shape index (κ3) is 2.67. The van der Waals surface area contributed by atoms with E-state index in [1.165, 1.54) is 19.2 Å². The van der Waals surface area contributed by atoms with Gasteiger partial charge in [0, 0.05) is 0 Å². The first-order chi connectivity index (χ1) is 8.95. The number of phenols is 1. The lowest BCUT2D eigenvalue weighted by Gasteiger charge is -2.25. The van der Waals surface area contributed by atoms with Crippen molar-refractivity contribution in [1.82, 2.24) is 0 Å². The molecule has 0 aliphatic rings. The Morgan fingerprint density at radius 2 is 1.63 bits per heavy atom. The van der Waals surface area contributed by atoms with E-state index >= 15 is 0 Å². The fourth-order valence-electron chi connectivity index (χ4n) is 1.92. The van der Waals surface area contributed by atoms with Gasteiger partial charge in [-0.1, -0.05) is 29.8 Å². The molecule has 0 aliphatic carbocycles. The van der Waals surface area contributed by atoms with Gasteiger partial charge in [0.25, 0.3) is 0 Å². The van der Waals surface area contributed by atoms with Crippen LogP contribution in [0, 0.1) is 0 Å². The number of hydrogen-bond acceptors (Lipinski definition) is 3. The largest absolute Gasteiger partial charge is 0.508 e. The van der Waals surface area contributed by atoms with Crippen LogP contribution in [0.2, 0.25) is 5.02 Å². The molecule has 0 aliphatic heterocycles. The van der Waals surface area contributed by atoms with Gasteiger partial charge < -0.3 is 14.9 Å². The van der Waals surface area contributed by atoms with E-state index in [1.54, 1.807) is 37.3 Å². The van der Waals surface area contributed by atoms with E-state index < -0.39 is 5.60 Å². The average Bonchev–Trinajstić information content (AvgIpc) is 2.39. The Balaban J connectivity index is 2.46. The van der Waals surface area contributed by atoms with Crippen molar-refractivity contribution in [3.05, 3.63) is 58.6 Å². The number of ether oxygens (including phenoxy) is 1. The highest BCUT2D eigenvalue weighted by molar-refractivity contribution is 6.32. The van der Waals surface area contributed by atoms with Gasteiger partial charge in [0.15, 0.2) is 0 Å². The van der Waals surface area contributed by atoms with Crippen LogP contribution >= 0.6 is 11.6 Å². The van der Waals surface area contributed by atoms with Gasteiger partial charge in [0.2, 0.25) is 0 Å². The molecule has 0 heterocycles. The Bertz CT molecular complexity index is 576. The van der Waals surface area contributed by atoms with Gasteiger partial charge in [-0.15, -0.1) is 0 Å². The van der Waals surface area contributed by atoms with Crippen LogP contribution in [0.25, 0.3) is 0 Å². The Kier molecular flexibility index (Phi) is 3.69. The van der Waals surface area contributed by atoms with E-state index in [0.717, 1.165) is 0 Å². The first kappa shape index (κ1) is 13.7. The van der Waals surface area contributed by atoms with Crippen molar-refractivity contribution in [1.29, 1.82) is 0 Å². The maximum Gasteiger partial charge on any atom is 0.137 e. The predicted molar refractivity (Wildman–Crippen MR) is 74.8 cm³/mol. The zero-order valence-corrected chi connectivity index (χ0v) is 11.5. The Labute approximate surface area is 117 Å². The predicted octanol–water partition coefficient (Wildman–Crippen LogP) is 3.31.